The van der Waals surface area contributed by atoms with Crippen molar-refractivity contribution in [2.24, 2.45) is 0 Å². The van der Waals surface area contributed by atoms with Crippen molar-refractivity contribution >= 4 is 7.82 Å². The van der Waals surface area contributed by atoms with E-state index in [4.69, 9.17) is 4.52 Å². The van der Waals surface area contributed by atoms with Gasteiger partial charge in [-0.3, -0.25) is 13.6 Å². The van der Waals surface area contributed by atoms with Gasteiger partial charge < -0.3 is 0 Å². The number of phosphoric acid groups is 1. The van der Waals surface area contributed by atoms with E-state index >= 15 is 0 Å². The van der Waals surface area contributed by atoms with Gasteiger partial charge in [-0.25, -0.2) is 4.57 Å². The number of hydrogen-bond acceptors (Lipinski definition) is 4. The molecule has 0 saturated heterocycles. The molecular formula is C10H12F3O4P. The predicted molar refractivity (Wildman–Crippen MR) is 57.9 cm³/mol. The first-order valence-electron chi connectivity index (χ1n) is 4.83. The molecule has 0 heterocycles. The molecule has 0 saturated carbocycles. The zero-order valence-electron chi connectivity index (χ0n) is 9.73. The van der Waals surface area contributed by atoms with Crippen LogP contribution in [0.15, 0.2) is 24.3 Å². The summed E-state index contributed by atoms with van der Waals surface area (Å²) in [5.74, 6) is 0. The molecule has 8 heteroatoms. The summed E-state index contributed by atoms with van der Waals surface area (Å²) in [6.45, 7) is -0.303. The van der Waals surface area contributed by atoms with Gasteiger partial charge in [0.25, 0.3) is 0 Å². The van der Waals surface area contributed by atoms with Crippen molar-refractivity contribution in [3.63, 3.8) is 0 Å². The summed E-state index contributed by atoms with van der Waals surface area (Å²) in [6.07, 6.45) is -4.43. The van der Waals surface area contributed by atoms with Crippen LogP contribution in [0.1, 0.15) is 11.1 Å². The second kappa shape index (κ2) is 5.84. The monoisotopic (exact) mass is 284 g/mol. The summed E-state index contributed by atoms with van der Waals surface area (Å²) >= 11 is 0. The number of benzene rings is 1. The summed E-state index contributed by atoms with van der Waals surface area (Å²) in [5.41, 5.74) is -0.576. The normalized spacial score (nSPS) is 12.7. The van der Waals surface area contributed by atoms with Gasteiger partial charge >= 0.3 is 14.0 Å². The maximum absolute atomic E-state index is 12.4. The minimum atomic E-state index is -4.43. The molecule has 0 aliphatic heterocycles. The Morgan fingerprint density at radius 1 is 1.22 bits per heavy atom. The summed E-state index contributed by atoms with van der Waals surface area (Å²) < 4.78 is 62.6. The van der Waals surface area contributed by atoms with Gasteiger partial charge in [0.1, 0.15) is 0 Å². The SMILES string of the molecule is COP(=O)(OC)OCc1cccc(C(F)(F)F)c1. The molecular weight excluding hydrogens is 272 g/mol. The van der Waals surface area contributed by atoms with Crippen LogP contribution in [0.5, 0.6) is 0 Å². The van der Waals surface area contributed by atoms with Gasteiger partial charge in [0, 0.05) is 14.2 Å². The Labute approximate surface area is 102 Å². The minimum absolute atomic E-state index is 0.221. The first-order valence-corrected chi connectivity index (χ1v) is 6.29. The van der Waals surface area contributed by atoms with Gasteiger partial charge in [0.05, 0.1) is 12.2 Å². The molecule has 0 N–H and O–H groups in total. The second-order valence-corrected chi connectivity index (χ2v) is 5.17. The van der Waals surface area contributed by atoms with E-state index in [1.54, 1.807) is 0 Å². The fourth-order valence-electron chi connectivity index (χ4n) is 1.17. The maximum Gasteiger partial charge on any atom is 0.474 e. The third-order valence-corrected chi connectivity index (χ3v) is 3.43. The molecule has 1 rings (SSSR count). The molecule has 1 aromatic carbocycles. The van der Waals surface area contributed by atoms with Crippen LogP contribution in [0.4, 0.5) is 13.2 Å². The molecule has 0 atom stereocenters. The standard InChI is InChI=1S/C10H12F3O4P/c1-15-18(14,16-2)17-7-8-4-3-5-9(6-8)10(11,12)13/h3-6H,7H2,1-2H3. The topological polar surface area (TPSA) is 44.8 Å². The Morgan fingerprint density at radius 3 is 2.33 bits per heavy atom. The molecule has 0 spiro atoms. The molecule has 0 aliphatic carbocycles. The van der Waals surface area contributed by atoms with Gasteiger partial charge in [-0.1, -0.05) is 12.1 Å². The van der Waals surface area contributed by atoms with E-state index in [0.717, 1.165) is 26.4 Å². The lowest BCUT2D eigenvalue weighted by Crippen LogP contribution is -2.05. The van der Waals surface area contributed by atoms with E-state index in [2.05, 4.69) is 9.05 Å². The third-order valence-electron chi connectivity index (χ3n) is 2.09. The molecule has 0 unspecified atom stereocenters. The van der Waals surface area contributed by atoms with E-state index in [9.17, 15) is 17.7 Å². The molecule has 0 amide bonds. The van der Waals surface area contributed by atoms with E-state index in [-0.39, 0.29) is 12.2 Å². The van der Waals surface area contributed by atoms with Gasteiger partial charge in [-0.15, -0.1) is 0 Å². The van der Waals surface area contributed by atoms with E-state index < -0.39 is 19.6 Å². The number of alkyl halides is 3. The summed E-state index contributed by atoms with van der Waals surface area (Å²) in [4.78, 5) is 0. The van der Waals surface area contributed by atoms with E-state index in [1.807, 2.05) is 0 Å². The second-order valence-electron chi connectivity index (χ2n) is 3.28. The number of hydrogen-bond donors (Lipinski definition) is 0. The Hall–Kier alpha value is -0.880. The molecule has 18 heavy (non-hydrogen) atoms. The zero-order chi connectivity index (χ0) is 13.8. The summed E-state index contributed by atoms with van der Waals surface area (Å²) in [7, 11) is -1.44. The highest BCUT2D eigenvalue weighted by atomic mass is 31.2. The summed E-state index contributed by atoms with van der Waals surface area (Å²) in [5, 5.41) is 0. The average molecular weight is 284 g/mol. The van der Waals surface area contributed by atoms with Crippen molar-refractivity contribution in [3.05, 3.63) is 35.4 Å². The fourth-order valence-corrected chi connectivity index (χ4v) is 1.84. The molecule has 0 fully saturated rings. The first-order chi connectivity index (χ1) is 8.30. The van der Waals surface area contributed by atoms with Crippen LogP contribution in [-0.4, -0.2) is 14.2 Å². The molecule has 4 nitrogen and oxygen atoms in total. The number of rotatable bonds is 5. The van der Waals surface area contributed by atoms with Crippen molar-refractivity contribution in [2.75, 3.05) is 14.2 Å². The Kier molecular flexibility index (Phi) is 4.92. The third kappa shape index (κ3) is 4.10. The molecule has 1 aromatic rings. The van der Waals surface area contributed by atoms with E-state index in [0.29, 0.717) is 0 Å². The average Bonchev–Trinajstić information content (AvgIpc) is 2.35. The molecule has 0 bridgehead atoms. The van der Waals surface area contributed by atoms with Gasteiger partial charge in [-0.05, 0) is 17.7 Å². The summed E-state index contributed by atoms with van der Waals surface area (Å²) in [6, 6.07) is 4.52. The number of phosphoric ester groups is 1. The van der Waals surface area contributed by atoms with Crippen molar-refractivity contribution in [2.45, 2.75) is 12.8 Å². The van der Waals surface area contributed by atoms with Crippen LogP contribution in [-0.2, 0) is 30.9 Å². The number of halogens is 3. The van der Waals surface area contributed by atoms with Crippen LogP contribution in [0, 0.1) is 0 Å². The van der Waals surface area contributed by atoms with Crippen LogP contribution < -0.4 is 0 Å². The van der Waals surface area contributed by atoms with Crippen LogP contribution in [0.25, 0.3) is 0 Å². The first kappa shape index (κ1) is 15.2. The smallest absolute Gasteiger partial charge is 0.290 e. The maximum atomic E-state index is 12.4. The lowest BCUT2D eigenvalue weighted by Gasteiger charge is -2.14. The predicted octanol–water partition coefficient (Wildman–Crippen LogP) is 3.62. The van der Waals surface area contributed by atoms with E-state index in [1.165, 1.54) is 12.1 Å². The highest BCUT2D eigenvalue weighted by Gasteiger charge is 2.30. The van der Waals surface area contributed by atoms with Crippen LogP contribution in [0.3, 0.4) is 0 Å². The van der Waals surface area contributed by atoms with Crippen molar-refractivity contribution < 1.29 is 31.3 Å². The van der Waals surface area contributed by atoms with Gasteiger partial charge in [0.15, 0.2) is 0 Å². The molecule has 0 aliphatic rings. The Bertz CT molecular complexity index is 439. The zero-order valence-corrected chi connectivity index (χ0v) is 10.6. The highest BCUT2D eigenvalue weighted by Crippen LogP contribution is 2.48. The Balaban J connectivity index is 2.78. The quantitative estimate of drug-likeness (QED) is 0.775. The van der Waals surface area contributed by atoms with Crippen LogP contribution >= 0.6 is 7.82 Å². The minimum Gasteiger partial charge on any atom is -0.290 e. The lowest BCUT2D eigenvalue weighted by molar-refractivity contribution is -0.137. The fraction of sp³-hybridized carbons (Fsp3) is 0.400. The Morgan fingerprint density at radius 2 is 1.83 bits per heavy atom. The van der Waals surface area contributed by atoms with Crippen molar-refractivity contribution in [3.8, 4) is 0 Å². The van der Waals surface area contributed by atoms with Gasteiger partial charge in [0.2, 0.25) is 0 Å². The molecule has 0 aromatic heterocycles. The van der Waals surface area contributed by atoms with Crippen molar-refractivity contribution in [1.82, 2.24) is 0 Å². The largest absolute Gasteiger partial charge is 0.474 e. The van der Waals surface area contributed by atoms with Crippen molar-refractivity contribution in [1.29, 1.82) is 0 Å². The highest BCUT2D eigenvalue weighted by molar-refractivity contribution is 7.48. The molecule has 0 radical (unpaired) electrons. The van der Waals surface area contributed by atoms with Crippen LogP contribution in [0.2, 0.25) is 0 Å². The lowest BCUT2D eigenvalue weighted by atomic mass is 10.1. The molecule has 102 valence electrons. The van der Waals surface area contributed by atoms with Gasteiger partial charge in [-0.2, -0.15) is 13.2 Å².